The zero-order valence-corrected chi connectivity index (χ0v) is 11.0. The molecule has 0 aliphatic heterocycles. The Morgan fingerprint density at radius 3 is 2.80 bits per heavy atom. The van der Waals surface area contributed by atoms with Crippen LogP contribution in [0.4, 0.5) is 4.39 Å². The smallest absolute Gasteiger partial charge is 0.123 e. The van der Waals surface area contributed by atoms with E-state index in [2.05, 4.69) is 4.98 Å². The van der Waals surface area contributed by atoms with Crippen molar-refractivity contribution in [2.45, 2.75) is 12.5 Å². The number of fused-ring (bicyclic) bond motifs is 1. The molecule has 2 nitrogen and oxygen atoms in total. The van der Waals surface area contributed by atoms with Crippen molar-refractivity contribution in [2.24, 2.45) is 5.73 Å². The van der Waals surface area contributed by atoms with Gasteiger partial charge in [0.1, 0.15) is 5.82 Å². The molecule has 0 radical (unpaired) electrons. The lowest BCUT2D eigenvalue weighted by molar-refractivity contribution is 0.622. The summed E-state index contributed by atoms with van der Waals surface area (Å²) in [5.74, 6) is -0.225. The lowest BCUT2D eigenvalue weighted by atomic mass is 9.95. The first-order valence-electron chi connectivity index (χ1n) is 6.57. The van der Waals surface area contributed by atoms with Crippen LogP contribution in [0.2, 0.25) is 0 Å². The van der Waals surface area contributed by atoms with Crippen LogP contribution < -0.4 is 5.73 Å². The van der Waals surface area contributed by atoms with Gasteiger partial charge in [0, 0.05) is 23.8 Å². The molecule has 0 spiro atoms. The predicted molar refractivity (Wildman–Crippen MR) is 78.8 cm³/mol. The highest BCUT2D eigenvalue weighted by Gasteiger charge is 2.11. The third kappa shape index (κ3) is 2.53. The molecule has 0 aliphatic carbocycles. The van der Waals surface area contributed by atoms with Gasteiger partial charge in [-0.2, -0.15) is 0 Å². The highest BCUT2D eigenvalue weighted by molar-refractivity contribution is 5.85. The molecule has 100 valence electrons. The van der Waals surface area contributed by atoms with E-state index in [0.717, 1.165) is 21.9 Å². The van der Waals surface area contributed by atoms with E-state index in [1.807, 2.05) is 36.5 Å². The number of benzene rings is 2. The Morgan fingerprint density at radius 2 is 1.95 bits per heavy atom. The zero-order chi connectivity index (χ0) is 13.9. The fraction of sp³-hybridized carbons (Fsp3) is 0.118. The number of pyridine rings is 1. The minimum absolute atomic E-state index is 0.164. The minimum Gasteiger partial charge on any atom is -0.324 e. The Morgan fingerprint density at radius 1 is 1.10 bits per heavy atom. The van der Waals surface area contributed by atoms with Crippen molar-refractivity contribution in [2.75, 3.05) is 0 Å². The summed E-state index contributed by atoms with van der Waals surface area (Å²) in [6.45, 7) is 0. The summed E-state index contributed by atoms with van der Waals surface area (Å²) < 4.78 is 13.2. The van der Waals surface area contributed by atoms with Gasteiger partial charge in [0.2, 0.25) is 0 Å². The summed E-state index contributed by atoms with van der Waals surface area (Å²) in [7, 11) is 0. The van der Waals surface area contributed by atoms with Gasteiger partial charge < -0.3 is 5.73 Å². The first-order valence-corrected chi connectivity index (χ1v) is 6.57. The van der Waals surface area contributed by atoms with Crippen LogP contribution in [-0.4, -0.2) is 4.98 Å². The standard InChI is InChI=1S/C17H15FN2/c18-14-5-1-3-12(9-14)10-17(19)16-6-2-4-13-11-20-8-7-15(13)16/h1-9,11,17H,10,19H2. The summed E-state index contributed by atoms with van der Waals surface area (Å²) in [6.07, 6.45) is 4.20. The highest BCUT2D eigenvalue weighted by atomic mass is 19.1. The third-order valence-corrected chi connectivity index (χ3v) is 3.46. The monoisotopic (exact) mass is 266 g/mol. The third-order valence-electron chi connectivity index (χ3n) is 3.46. The van der Waals surface area contributed by atoms with Crippen LogP contribution in [-0.2, 0) is 6.42 Å². The van der Waals surface area contributed by atoms with Crippen LogP contribution in [0.25, 0.3) is 10.8 Å². The molecule has 1 unspecified atom stereocenters. The van der Waals surface area contributed by atoms with Crippen LogP contribution in [0, 0.1) is 5.82 Å². The van der Waals surface area contributed by atoms with E-state index >= 15 is 0 Å². The molecular formula is C17H15FN2. The van der Waals surface area contributed by atoms with Gasteiger partial charge in [0.15, 0.2) is 0 Å². The molecule has 1 aromatic heterocycles. The maximum atomic E-state index is 13.2. The normalized spacial score (nSPS) is 12.5. The molecule has 3 heteroatoms. The quantitative estimate of drug-likeness (QED) is 0.786. The van der Waals surface area contributed by atoms with Crippen LogP contribution >= 0.6 is 0 Å². The van der Waals surface area contributed by atoms with E-state index < -0.39 is 0 Å². The van der Waals surface area contributed by atoms with Crippen LogP contribution in [0.1, 0.15) is 17.2 Å². The van der Waals surface area contributed by atoms with Crippen molar-refractivity contribution in [1.29, 1.82) is 0 Å². The molecule has 0 aliphatic rings. The Bertz CT molecular complexity index is 734. The molecule has 3 rings (SSSR count). The van der Waals surface area contributed by atoms with E-state index in [1.165, 1.54) is 12.1 Å². The molecule has 0 saturated carbocycles. The molecule has 2 aromatic carbocycles. The number of halogens is 1. The predicted octanol–water partition coefficient (Wildman–Crippen LogP) is 3.62. The number of nitrogens with zero attached hydrogens (tertiary/aromatic N) is 1. The second-order valence-electron chi connectivity index (χ2n) is 4.88. The second-order valence-corrected chi connectivity index (χ2v) is 4.88. The molecule has 1 heterocycles. The number of hydrogen-bond acceptors (Lipinski definition) is 2. The number of hydrogen-bond donors (Lipinski definition) is 1. The van der Waals surface area contributed by atoms with Crippen LogP contribution in [0.5, 0.6) is 0 Å². The van der Waals surface area contributed by atoms with Crippen molar-refractivity contribution in [3.63, 3.8) is 0 Å². The average Bonchev–Trinajstić information content (AvgIpc) is 2.46. The van der Waals surface area contributed by atoms with Gasteiger partial charge in [-0.25, -0.2) is 4.39 Å². The SMILES string of the molecule is NC(Cc1cccc(F)c1)c1cccc2cnccc12. The number of rotatable bonds is 3. The van der Waals surface area contributed by atoms with Gasteiger partial charge in [-0.05, 0) is 41.1 Å². The van der Waals surface area contributed by atoms with Crippen LogP contribution in [0.15, 0.2) is 60.9 Å². The van der Waals surface area contributed by atoms with E-state index in [-0.39, 0.29) is 11.9 Å². The van der Waals surface area contributed by atoms with Crippen molar-refractivity contribution >= 4 is 10.8 Å². The average molecular weight is 266 g/mol. The first kappa shape index (κ1) is 12.8. The van der Waals surface area contributed by atoms with Gasteiger partial charge in [0.05, 0.1) is 0 Å². The van der Waals surface area contributed by atoms with Crippen molar-refractivity contribution in [3.05, 3.63) is 77.9 Å². The first-order chi connectivity index (χ1) is 9.74. The summed E-state index contributed by atoms with van der Waals surface area (Å²) >= 11 is 0. The molecule has 2 N–H and O–H groups in total. The Kier molecular flexibility index (Phi) is 3.44. The van der Waals surface area contributed by atoms with Crippen LogP contribution in [0.3, 0.4) is 0 Å². The van der Waals surface area contributed by atoms with Crippen molar-refractivity contribution in [1.82, 2.24) is 4.98 Å². The fourth-order valence-electron chi connectivity index (χ4n) is 2.50. The molecule has 0 saturated heterocycles. The summed E-state index contributed by atoms with van der Waals surface area (Å²) in [6, 6.07) is 14.4. The lowest BCUT2D eigenvalue weighted by Gasteiger charge is -2.14. The summed E-state index contributed by atoms with van der Waals surface area (Å²) in [5.41, 5.74) is 8.27. The maximum Gasteiger partial charge on any atom is 0.123 e. The molecule has 0 bridgehead atoms. The van der Waals surface area contributed by atoms with Gasteiger partial charge in [0.25, 0.3) is 0 Å². The lowest BCUT2D eigenvalue weighted by Crippen LogP contribution is -2.13. The molecular weight excluding hydrogens is 251 g/mol. The summed E-state index contributed by atoms with van der Waals surface area (Å²) in [5, 5.41) is 2.17. The molecule has 1 atom stereocenters. The van der Waals surface area contributed by atoms with Gasteiger partial charge in [-0.15, -0.1) is 0 Å². The van der Waals surface area contributed by atoms with Gasteiger partial charge in [-0.1, -0.05) is 30.3 Å². The zero-order valence-electron chi connectivity index (χ0n) is 11.0. The minimum atomic E-state index is -0.225. The fourth-order valence-corrected chi connectivity index (χ4v) is 2.50. The van der Waals surface area contributed by atoms with Gasteiger partial charge in [-0.3, -0.25) is 4.98 Å². The Labute approximate surface area is 117 Å². The van der Waals surface area contributed by atoms with E-state index in [1.54, 1.807) is 12.3 Å². The molecule has 3 aromatic rings. The summed E-state index contributed by atoms with van der Waals surface area (Å²) in [4.78, 5) is 4.12. The van der Waals surface area contributed by atoms with Gasteiger partial charge >= 0.3 is 0 Å². The molecule has 0 fully saturated rings. The molecule has 0 amide bonds. The van der Waals surface area contributed by atoms with E-state index in [0.29, 0.717) is 6.42 Å². The van der Waals surface area contributed by atoms with Crippen molar-refractivity contribution < 1.29 is 4.39 Å². The van der Waals surface area contributed by atoms with E-state index in [9.17, 15) is 4.39 Å². The topological polar surface area (TPSA) is 38.9 Å². The number of nitrogens with two attached hydrogens (primary N) is 1. The number of aromatic nitrogens is 1. The Hall–Kier alpha value is -2.26. The Balaban J connectivity index is 1.94. The van der Waals surface area contributed by atoms with Crippen molar-refractivity contribution in [3.8, 4) is 0 Å². The van der Waals surface area contributed by atoms with E-state index in [4.69, 9.17) is 5.73 Å². The largest absolute Gasteiger partial charge is 0.324 e. The molecule has 20 heavy (non-hydrogen) atoms. The maximum absolute atomic E-state index is 13.2. The highest BCUT2D eigenvalue weighted by Crippen LogP contribution is 2.24. The second kappa shape index (κ2) is 5.39.